The second-order valence-corrected chi connectivity index (χ2v) is 14.9. The summed E-state index contributed by atoms with van der Waals surface area (Å²) in [5.41, 5.74) is 1.29. The number of aliphatic hydroxyl groups is 1. The summed E-state index contributed by atoms with van der Waals surface area (Å²) in [5.74, 6) is 0.258. The van der Waals surface area contributed by atoms with Gasteiger partial charge in [-0.1, -0.05) is 73.5 Å². The third kappa shape index (κ3) is 8.53. The summed E-state index contributed by atoms with van der Waals surface area (Å²) in [6.45, 7) is 9.00. The first-order valence-electron chi connectivity index (χ1n) is 17.9. The van der Waals surface area contributed by atoms with Crippen molar-refractivity contribution in [1.82, 2.24) is 19.4 Å². The SMILES string of the molecule is CC(C)(C)OC(=O)N1CCN(C(=O)c2ncn(C3CCCCC3(O)COCC3CCOCC3)c2-c2ccccc2)[C@H](Cc2ccccc2)C1. The highest BCUT2D eigenvalue weighted by molar-refractivity contribution is 5.98. The molecule has 1 aliphatic carbocycles. The topological polar surface area (TPSA) is 106 Å². The summed E-state index contributed by atoms with van der Waals surface area (Å²) in [5, 5.41) is 12.2. The Kier molecular flexibility index (Phi) is 11.1. The minimum absolute atomic E-state index is 0.183. The summed E-state index contributed by atoms with van der Waals surface area (Å²) < 4.78 is 19.5. The van der Waals surface area contributed by atoms with E-state index in [0.29, 0.717) is 56.4 Å². The predicted molar refractivity (Wildman–Crippen MR) is 187 cm³/mol. The Bertz CT molecular complexity index is 1530. The van der Waals surface area contributed by atoms with E-state index in [0.717, 1.165) is 56.4 Å². The van der Waals surface area contributed by atoms with Crippen LogP contribution in [0.1, 0.15) is 81.4 Å². The number of carbonyl (C=O) groups is 2. The molecule has 10 heteroatoms. The Morgan fingerprint density at radius 2 is 1.69 bits per heavy atom. The molecule has 0 spiro atoms. The van der Waals surface area contributed by atoms with Crippen molar-refractivity contribution < 1.29 is 28.9 Å². The standard InChI is InChI=1S/C39H52N4O6/c1-38(2,3)49-37(45)41-20-21-42(32(25-41)24-29-12-6-4-7-13-29)36(44)34-35(31-14-8-5-9-15-31)43(28-40-34)33-16-10-11-19-39(33,46)27-48-26-30-17-22-47-23-18-30/h4-9,12-15,28,30,32-33,46H,10-11,16-27H2,1-3H3/t32-,33?,39?/m1/s1. The number of hydrogen-bond acceptors (Lipinski definition) is 7. The fourth-order valence-corrected chi connectivity index (χ4v) is 7.53. The number of benzene rings is 2. The fraction of sp³-hybridized carbons (Fsp3) is 0.564. The molecule has 2 amide bonds. The van der Waals surface area contributed by atoms with Gasteiger partial charge in [0.15, 0.2) is 5.69 Å². The molecule has 1 aromatic heterocycles. The fourth-order valence-electron chi connectivity index (χ4n) is 7.53. The Labute approximate surface area is 290 Å². The summed E-state index contributed by atoms with van der Waals surface area (Å²) in [6.07, 6.45) is 7.15. The quantitative estimate of drug-likeness (QED) is 0.291. The molecule has 0 bridgehead atoms. The monoisotopic (exact) mass is 672 g/mol. The van der Waals surface area contributed by atoms with Crippen LogP contribution in [0.25, 0.3) is 11.3 Å². The number of nitrogens with zero attached hydrogens (tertiary/aromatic N) is 4. The summed E-state index contributed by atoms with van der Waals surface area (Å²) >= 11 is 0. The van der Waals surface area contributed by atoms with Gasteiger partial charge in [0.25, 0.3) is 5.91 Å². The van der Waals surface area contributed by atoms with Crippen molar-refractivity contribution in [2.75, 3.05) is 46.1 Å². The molecule has 10 nitrogen and oxygen atoms in total. The van der Waals surface area contributed by atoms with Gasteiger partial charge in [0, 0.05) is 45.0 Å². The lowest BCUT2D eigenvalue weighted by Crippen LogP contribution is -2.58. The number of piperazine rings is 1. The molecule has 2 unspecified atom stereocenters. The van der Waals surface area contributed by atoms with Crippen LogP contribution in [0.4, 0.5) is 4.79 Å². The summed E-state index contributed by atoms with van der Waals surface area (Å²) in [7, 11) is 0. The molecule has 1 N–H and O–H groups in total. The molecule has 2 aromatic carbocycles. The molecule has 49 heavy (non-hydrogen) atoms. The first-order valence-corrected chi connectivity index (χ1v) is 17.9. The Morgan fingerprint density at radius 1 is 0.980 bits per heavy atom. The molecule has 3 fully saturated rings. The molecule has 6 rings (SSSR count). The molecule has 2 aliphatic heterocycles. The van der Waals surface area contributed by atoms with E-state index < -0.39 is 11.2 Å². The minimum atomic E-state index is -1.09. The van der Waals surface area contributed by atoms with E-state index in [1.54, 1.807) is 11.2 Å². The average molecular weight is 673 g/mol. The maximum absolute atomic E-state index is 14.7. The van der Waals surface area contributed by atoms with E-state index in [4.69, 9.17) is 19.2 Å². The van der Waals surface area contributed by atoms with Crippen LogP contribution < -0.4 is 0 Å². The van der Waals surface area contributed by atoms with Crippen molar-refractivity contribution in [2.24, 2.45) is 5.92 Å². The van der Waals surface area contributed by atoms with Gasteiger partial charge >= 0.3 is 6.09 Å². The van der Waals surface area contributed by atoms with Crippen LogP contribution in [-0.4, -0.2) is 99.8 Å². The van der Waals surface area contributed by atoms with Crippen LogP contribution in [0.15, 0.2) is 67.0 Å². The first-order chi connectivity index (χ1) is 23.6. The van der Waals surface area contributed by atoms with Crippen molar-refractivity contribution in [1.29, 1.82) is 0 Å². The number of ether oxygens (including phenoxy) is 3. The van der Waals surface area contributed by atoms with E-state index in [1.165, 1.54) is 0 Å². The highest BCUT2D eigenvalue weighted by Crippen LogP contribution is 2.41. The third-order valence-corrected chi connectivity index (χ3v) is 10.1. The normalized spacial score (nSPS) is 23.8. The van der Waals surface area contributed by atoms with Crippen molar-refractivity contribution in [2.45, 2.75) is 89.0 Å². The Balaban J connectivity index is 1.30. The summed E-state index contributed by atoms with van der Waals surface area (Å²) in [4.78, 5) is 36.3. The van der Waals surface area contributed by atoms with Crippen molar-refractivity contribution in [3.05, 3.63) is 78.2 Å². The molecule has 3 aromatic rings. The van der Waals surface area contributed by atoms with Gasteiger partial charge in [0.05, 0.1) is 30.7 Å². The smallest absolute Gasteiger partial charge is 0.410 e. The zero-order chi connectivity index (χ0) is 34.4. The summed E-state index contributed by atoms with van der Waals surface area (Å²) in [6, 6.07) is 19.3. The van der Waals surface area contributed by atoms with E-state index >= 15 is 0 Å². The van der Waals surface area contributed by atoms with E-state index in [9.17, 15) is 14.7 Å². The maximum atomic E-state index is 14.7. The van der Waals surface area contributed by atoms with Gasteiger partial charge in [-0.15, -0.1) is 0 Å². The lowest BCUT2D eigenvalue weighted by molar-refractivity contribution is -0.108. The number of rotatable bonds is 9. The lowest BCUT2D eigenvalue weighted by atomic mass is 9.80. The second-order valence-electron chi connectivity index (χ2n) is 14.9. The molecule has 3 aliphatic rings. The van der Waals surface area contributed by atoms with Crippen LogP contribution in [0.5, 0.6) is 0 Å². The van der Waals surface area contributed by atoms with E-state index in [2.05, 4.69) is 0 Å². The van der Waals surface area contributed by atoms with Gasteiger partial charge in [-0.25, -0.2) is 9.78 Å². The number of imidazole rings is 1. The van der Waals surface area contributed by atoms with Gasteiger partial charge in [-0.2, -0.15) is 0 Å². The molecule has 1 saturated carbocycles. The highest BCUT2D eigenvalue weighted by atomic mass is 16.6. The number of carbonyl (C=O) groups excluding carboxylic acids is 2. The van der Waals surface area contributed by atoms with Crippen LogP contribution in [0.2, 0.25) is 0 Å². The van der Waals surface area contributed by atoms with Gasteiger partial charge in [0.2, 0.25) is 0 Å². The number of aromatic nitrogens is 2. The molecular weight excluding hydrogens is 620 g/mol. The van der Waals surface area contributed by atoms with Crippen LogP contribution in [-0.2, 0) is 20.6 Å². The van der Waals surface area contributed by atoms with Crippen LogP contribution in [0.3, 0.4) is 0 Å². The van der Waals surface area contributed by atoms with Gasteiger partial charge < -0.3 is 33.7 Å². The molecule has 3 heterocycles. The van der Waals surface area contributed by atoms with Crippen molar-refractivity contribution in [3.63, 3.8) is 0 Å². The third-order valence-electron chi connectivity index (χ3n) is 10.1. The predicted octanol–water partition coefficient (Wildman–Crippen LogP) is 6.14. The Hall–Kier alpha value is -3.73. The van der Waals surface area contributed by atoms with E-state index in [1.807, 2.05) is 90.9 Å². The van der Waals surface area contributed by atoms with E-state index in [-0.39, 0.29) is 30.7 Å². The number of amides is 2. The first kappa shape index (κ1) is 35.1. The van der Waals surface area contributed by atoms with Crippen molar-refractivity contribution in [3.8, 4) is 11.3 Å². The Morgan fingerprint density at radius 3 is 2.41 bits per heavy atom. The molecule has 0 radical (unpaired) electrons. The zero-order valence-corrected chi connectivity index (χ0v) is 29.3. The van der Waals surface area contributed by atoms with Crippen LogP contribution in [0, 0.1) is 5.92 Å². The largest absolute Gasteiger partial charge is 0.444 e. The average Bonchev–Trinajstić information content (AvgIpc) is 3.53. The highest BCUT2D eigenvalue weighted by Gasteiger charge is 2.43. The number of hydrogen-bond donors (Lipinski definition) is 1. The molecule has 2 saturated heterocycles. The minimum Gasteiger partial charge on any atom is -0.444 e. The maximum Gasteiger partial charge on any atom is 0.410 e. The van der Waals surface area contributed by atoms with Gasteiger partial charge in [-0.3, -0.25) is 4.79 Å². The molecule has 3 atom stereocenters. The lowest BCUT2D eigenvalue weighted by Gasteiger charge is -2.42. The van der Waals surface area contributed by atoms with Gasteiger partial charge in [0.1, 0.15) is 11.2 Å². The van der Waals surface area contributed by atoms with Crippen LogP contribution >= 0.6 is 0 Å². The zero-order valence-electron chi connectivity index (χ0n) is 29.3. The van der Waals surface area contributed by atoms with Gasteiger partial charge in [-0.05, 0) is 64.4 Å². The molecular formula is C39H52N4O6. The second kappa shape index (κ2) is 15.4. The molecule has 264 valence electrons. The van der Waals surface area contributed by atoms with Crippen molar-refractivity contribution >= 4 is 12.0 Å².